The lowest BCUT2D eigenvalue weighted by atomic mass is 10.5. The minimum Gasteiger partial charge on any atom is -0.395 e. The van der Waals surface area contributed by atoms with E-state index in [0.717, 1.165) is 9.79 Å². The van der Waals surface area contributed by atoms with Crippen LogP contribution in [0.5, 0.6) is 0 Å². The molecule has 2 aromatic heterocycles. The van der Waals surface area contributed by atoms with Crippen molar-refractivity contribution in [3.05, 3.63) is 0 Å². The molecule has 0 atom stereocenters. The van der Waals surface area contributed by atoms with Crippen molar-refractivity contribution in [1.82, 2.24) is 0 Å². The highest BCUT2D eigenvalue weighted by atomic mass is 33.1. The molecule has 0 fully saturated rings. The van der Waals surface area contributed by atoms with Crippen molar-refractivity contribution in [3.63, 3.8) is 0 Å². The summed E-state index contributed by atoms with van der Waals surface area (Å²) >= 11 is 2.51. The third kappa shape index (κ3) is 2.23. The van der Waals surface area contributed by atoms with Crippen LogP contribution in [0.25, 0.3) is 0 Å². The normalized spacial score (nSPS) is 10.9. The molecule has 10 heteroatoms. The Morgan fingerprint density at radius 3 is 1.11 bits per heavy atom. The minimum atomic E-state index is 0.496. The van der Waals surface area contributed by atoms with E-state index in [9.17, 15) is 0 Å². The monoisotopic (exact) mass is 320 g/mol. The van der Waals surface area contributed by atoms with E-state index >= 15 is 0 Å². The van der Waals surface area contributed by atoms with Gasteiger partial charge in [0.1, 0.15) is 20.0 Å². The first kappa shape index (κ1) is 13.3. The summed E-state index contributed by atoms with van der Waals surface area (Å²) < 4.78 is 0. The van der Waals surface area contributed by atoms with Crippen LogP contribution in [0.1, 0.15) is 0 Å². The largest absolute Gasteiger partial charge is 0.395 e. The van der Waals surface area contributed by atoms with Gasteiger partial charge in [-0.15, -0.1) is 0 Å². The molecule has 0 aliphatic rings. The van der Waals surface area contributed by atoms with Gasteiger partial charge in [0.25, 0.3) is 0 Å². The molecule has 18 heavy (non-hydrogen) atoms. The van der Waals surface area contributed by atoms with Crippen LogP contribution in [0.2, 0.25) is 0 Å². The quantitative estimate of drug-likeness (QED) is 0.469. The highest BCUT2D eigenvalue weighted by Gasteiger charge is 2.17. The number of nitrogen functional groups attached to an aromatic ring is 6. The van der Waals surface area contributed by atoms with Gasteiger partial charge in [0.2, 0.25) is 0 Å². The summed E-state index contributed by atoms with van der Waals surface area (Å²) in [5.74, 6) is 0. The van der Waals surface area contributed by atoms with E-state index in [1.165, 1.54) is 44.3 Å². The molecule has 0 amide bonds. The number of thiophene rings is 2. The van der Waals surface area contributed by atoms with Gasteiger partial charge >= 0.3 is 0 Å². The van der Waals surface area contributed by atoms with Gasteiger partial charge in [-0.1, -0.05) is 22.7 Å². The zero-order chi connectivity index (χ0) is 13.4. The Kier molecular flexibility index (Phi) is 3.61. The molecule has 2 rings (SSSR count). The summed E-state index contributed by atoms with van der Waals surface area (Å²) in [7, 11) is 2.75. The van der Waals surface area contributed by atoms with E-state index < -0.39 is 0 Å². The van der Waals surface area contributed by atoms with Crippen molar-refractivity contribution < 1.29 is 0 Å². The van der Waals surface area contributed by atoms with Crippen molar-refractivity contribution >= 4 is 75.6 Å². The topological polar surface area (TPSA) is 156 Å². The molecule has 6 nitrogen and oxygen atoms in total. The van der Waals surface area contributed by atoms with Crippen LogP contribution in [-0.2, 0) is 0 Å². The average molecular weight is 320 g/mol. The third-order valence-electron chi connectivity index (χ3n) is 2.12. The van der Waals surface area contributed by atoms with Crippen molar-refractivity contribution in [2.24, 2.45) is 0 Å². The predicted octanol–water partition coefficient (Wildman–Crippen LogP) is 2.10. The van der Waals surface area contributed by atoms with Crippen LogP contribution in [0.3, 0.4) is 0 Å². The number of anilines is 6. The zero-order valence-electron chi connectivity index (χ0n) is 9.10. The van der Waals surface area contributed by atoms with Gasteiger partial charge in [-0.05, 0) is 21.6 Å². The second-order valence-electron chi connectivity index (χ2n) is 3.31. The average Bonchev–Trinajstić information content (AvgIpc) is 2.67. The van der Waals surface area contributed by atoms with Gasteiger partial charge in [-0.25, -0.2) is 0 Å². The van der Waals surface area contributed by atoms with Crippen LogP contribution in [0, 0.1) is 0 Å². The second-order valence-corrected chi connectivity index (χ2v) is 7.63. The van der Waals surface area contributed by atoms with Gasteiger partial charge in [-0.2, -0.15) is 0 Å². The summed E-state index contributed by atoms with van der Waals surface area (Å²) in [6, 6.07) is 0. The standard InChI is InChI=1S/C8H12N6S4/c9-1-3(7(13)15-5(1)11)17-18-4-2(10)6(12)16-8(4)14/h9-14H2. The molecule has 0 aliphatic heterocycles. The lowest BCUT2D eigenvalue weighted by Gasteiger charge is -2.02. The van der Waals surface area contributed by atoms with Gasteiger partial charge in [-0.3, -0.25) is 0 Å². The fraction of sp³-hybridized carbons (Fsp3) is 0. The summed E-state index contributed by atoms with van der Waals surface area (Å²) in [5.41, 5.74) is 35.7. The van der Waals surface area contributed by atoms with E-state index in [1.807, 2.05) is 0 Å². The molecule has 0 radical (unpaired) electrons. The highest BCUT2D eigenvalue weighted by molar-refractivity contribution is 8.77. The van der Waals surface area contributed by atoms with E-state index in [0.29, 0.717) is 31.4 Å². The first-order valence-electron chi connectivity index (χ1n) is 4.62. The van der Waals surface area contributed by atoms with Crippen molar-refractivity contribution in [1.29, 1.82) is 0 Å². The fourth-order valence-electron chi connectivity index (χ4n) is 1.18. The first-order chi connectivity index (χ1) is 8.41. The van der Waals surface area contributed by atoms with E-state index in [-0.39, 0.29) is 0 Å². The van der Waals surface area contributed by atoms with Crippen molar-refractivity contribution in [2.45, 2.75) is 9.79 Å². The number of hydrogen-bond donors (Lipinski definition) is 6. The maximum absolute atomic E-state index is 5.84. The van der Waals surface area contributed by atoms with E-state index in [2.05, 4.69) is 0 Å². The maximum atomic E-state index is 5.84. The Morgan fingerprint density at radius 1 is 0.556 bits per heavy atom. The SMILES string of the molecule is Nc1sc(N)c(SSc2c(N)sc(N)c2N)c1N. The molecule has 0 saturated heterocycles. The van der Waals surface area contributed by atoms with Gasteiger partial charge in [0.05, 0.1) is 21.2 Å². The van der Waals surface area contributed by atoms with E-state index in [1.54, 1.807) is 0 Å². The number of rotatable bonds is 3. The maximum Gasteiger partial charge on any atom is 0.112 e. The van der Waals surface area contributed by atoms with Crippen LogP contribution >= 0.6 is 44.3 Å². The van der Waals surface area contributed by atoms with Crippen molar-refractivity contribution in [3.8, 4) is 0 Å². The summed E-state index contributed by atoms with van der Waals surface area (Å²) in [6.45, 7) is 0. The summed E-state index contributed by atoms with van der Waals surface area (Å²) in [5, 5.41) is 2.20. The van der Waals surface area contributed by atoms with Crippen LogP contribution in [0.4, 0.5) is 31.4 Å². The zero-order valence-corrected chi connectivity index (χ0v) is 12.4. The molecule has 0 unspecified atom stereocenters. The first-order valence-corrected chi connectivity index (χ1v) is 8.41. The number of nitrogens with two attached hydrogens (primary N) is 6. The molecule has 98 valence electrons. The Morgan fingerprint density at radius 2 is 0.889 bits per heavy atom. The van der Waals surface area contributed by atoms with Crippen LogP contribution < -0.4 is 34.4 Å². The molecule has 2 aromatic rings. The Bertz CT molecular complexity index is 537. The van der Waals surface area contributed by atoms with E-state index in [4.69, 9.17) is 34.4 Å². The summed E-state index contributed by atoms with van der Waals surface area (Å²) in [6.07, 6.45) is 0. The molecule has 2 heterocycles. The molecular formula is C8H12N6S4. The Labute approximate surface area is 119 Å². The molecule has 0 bridgehead atoms. The molecule has 12 N–H and O–H groups in total. The van der Waals surface area contributed by atoms with Gasteiger partial charge in [0.15, 0.2) is 0 Å². The molecule has 0 saturated carbocycles. The molecule has 0 aromatic carbocycles. The van der Waals surface area contributed by atoms with Gasteiger partial charge < -0.3 is 34.4 Å². The lowest BCUT2D eigenvalue weighted by molar-refractivity contribution is 1.57. The predicted molar refractivity (Wildman–Crippen MR) is 86.8 cm³/mol. The smallest absolute Gasteiger partial charge is 0.112 e. The third-order valence-corrected chi connectivity index (χ3v) is 6.65. The lowest BCUT2D eigenvalue weighted by Crippen LogP contribution is -1.91. The van der Waals surface area contributed by atoms with Crippen molar-refractivity contribution in [2.75, 3.05) is 34.4 Å². The highest BCUT2D eigenvalue weighted by Crippen LogP contribution is 2.53. The second kappa shape index (κ2) is 4.88. The summed E-state index contributed by atoms with van der Waals surface area (Å²) in [4.78, 5) is 1.48. The molecule has 0 spiro atoms. The van der Waals surface area contributed by atoms with Crippen LogP contribution in [0.15, 0.2) is 9.79 Å². The number of hydrogen-bond acceptors (Lipinski definition) is 10. The molecule has 0 aliphatic carbocycles. The van der Waals surface area contributed by atoms with Gasteiger partial charge in [0, 0.05) is 0 Å². The Balaban J connectivity index is 2.21. The Hall–Kier alpha value is -1.10. The fourth-order valence-corrected chi connectivity index (χ4v) is 5.74. The van der Waals surface area contributed by atoms with Crippen LogP contribution in [-0.4, -0.2) is 0 Å². The molecular weight excluding hydrogens is 308 g/mol. The minimum absolute atomic E-state index is 0.496.